The number of hydrogen-bond acceptors (Lipinski definition) is 4. The van der Waals surface area contributed by atoms with Crippen LogP contribution in [0, 0.1) is 0 Å². The molecule has 0 atom stereocenters. The van der Waals surface area contributed by atoms with Crippen molar-refractivity contribution in [2.75, 3.05) is 14.2 Å². The average Bonchev–Trinajstić information content (AvgIpc) is 2.54. The van der Waals surface area contributed by atoms with Crippen LogP contribution in [0.4, 0.5) is 0 Å². The monoisotopic (exact) mass is 312 g/mol. The van der Waals surface area contributed by atoms with Gasteiger partial charge in [0.15, 0.2) is 11.6 Å². The fourth-order valence-corrected chi connectivity index (χ4v) is 2.48. The first-order valence-corrected chi connectivity index (χ1v) is 7.32. The highest BCUT2D eigenvalue weighted by molar-refractivity contribution is 5.95. The van der Waals surface area contributed by atoms with E-state index in [0.29, 0.717) is 29.0 Å². The van der Waals surface area contributed by atoms with Gasteiger partial charge < -0.3 is 9.47 Å². The van der Waals surface area contributed by atoms with E-state index in [-0.39, 0.29) is 11.6 Å². The predicted octanol–water partition coefficient (Wildman–Crippen LogP) is 3.70. The molecule has 0 spiro atoms. The smallest absolute Gasteiger partial charge is 0.159 e. The molecule has 4 heteroatoms. The maximum atomic E-state index is 11.6. The van der Waals surface area contributed by atoms with Gasteiger partial charge in [-0.2, -0.15) is 0 Å². The molecule has 0 saturated carbocycles. The lowest BCUT2D eigenvalue weighted by Gasteiger charge is -2.13. The number of ether oxygens (including phenoxy) is 2. The van der Waals surface area contributed by atoms with Crippen molar-refractivity contribution in [1.82, 2.24) is 0 Å². The molecule has 0 radical (unpaired) electrons. The van der Waals surface area contributed by atoms with Crippen molar-refractivity contribution in [1.29, 1.82) is 0 Å². The summed E-state index contributed by atoms with van der Waals surface area (Å²) in [6.45, 7) is 3.06. The maximum absolute atomic E-state index is 11.6. The number of methoxy groups -OCH3 is 2. The second-order valence-electron chi connectivity index (χ2n) is 5.34. The Morgan fingerprint density at radius 2 is 1.17 bits per heavy atom. The first-order valence-electron chi connectivity index (χ1n) is 7.32. The van der Waals surface area contributed by atoms with Crippen LogP contribution in [0.2, 0.25) is 0 Å². The van der Waals surface area contributed by atoms with Crippen LogP contribution < -0.4 is 9.47 Å². The summed E-state index contributed by atoms with van der Waals surface area (Å²) in [4.78, 5) is 23.2. The van der Waals surface area contributed by atoms with E-state index in [2.05, 4.69) is 0 Å². The maximum Gasteiger partial charge on any atom is 0.159 e. The van der Waals surface area contributed by atoms with Crippen LogP contribution in [0.15, 0.2) is 36.4 Å². The van der Waals surface area contributed by atoms with E-state index in [9.17, 15) is 9.59 Å². The predicted molar refractivity (Wildman–Crippen MR) is 88.8 cm³/mol. The minimum atomic E-state index is -0.00152. The number of Topliss-reactive ketones (excluding diaryl/α,β-unsaturated/α-hetero) is 2. The van der Waals surface area contributed by atoms with E-state index in [1.54, 1.807) is 38.5 Å². The van der Waals surface area contributed by atoms with E-state index in [4.69, 9.17) is 9.47 Å². The minimum Gasteiger partial charge on any atom is -0.496 e. The number of ketones is 2. The summed E-state index contributed by atoms with van der Waals surface area (Å²) in [7, 11) is 3.19. The molecule has 120 valence electrons. The van der Waals surface area contributed by atoms with Crippen molar-refractivity contribution in [2.24, 2.45) is 0 Å². The highest BCUT2D eigenvalue weighted by Gasteiger charge is 2.12. The number of carbonyl (C=O) groups excluding carboxylic acids is 2. The summed E-state index contributed by atoms with van der Waals surface area (Å²) in [6, 6.07) is 10.7. The molecule has 0 heterocycles. The van der Waals surface area contributed by atoms with Crippen molar-refractivity contribution in [3.63, 3.8) is 0 Å². The van der Waals surface area contributed by atoms with Gasteiger partial charge in [0, 0.05) is 17.5 Å². The number of rotatable bonds is 6. The van der Waals surface area contributed by atoms with Gasteiger partial charge in [0.1, 0.15) is 11.5 Å². The Labute approximate surface area is 136 Å². The zero-order chi connectivity index (χ0) is 17.0. The van der Waals surface area contributed by atoms with Crippen LogP contribution in [0.1, 0.15) is 45.7 Å². The van der Waals surface area contributed by atoms with Crippen molar-refractivity contribution in [2.45, 2.75) is 20.3 Å². The van der Waals surface area contributed by atoms with Gasteiger partial charge in [-0.05, 0) is 61.4 Å². The van der Waals surface area contributed by atoms with Crippen LogP contribution in [0.3, 0.4) is 0 Å². The molecule has 0 fully saturated rings. The fourth-order valence-electron chi connectivity index (χ4n) is 2.48. The Morgan fingerprint density at radius 1 is 0.783 bits per heavy atom. The first-order chi connectivity index (χ1) is 11.0. The van der Waals surface area contributed by atoms with Gasteiger partial charge in [0.2, 0.25) is 0 Å². The highest BCUT2D eigenvalue weighted by Crippen LogP contribution is 2.28. The topological polar surface area (TPSA) is 52.6 Å². The molecule has 2 aromatic rings. The molecule has 23 heavy (non-hydrogen) atoms. The van der Waals surface area contributed by atoms with E-state index in [1.165, 1.54) is 13.8 Å². The molecule has 0 amide bonds. The first kappa shape index (κ1) is 16.7. The molecular formula is C19H20O4. The lowest BCUT2D eigenvalue weighted by atomic mass is 9.97. The SMILES string of the molecule is COc1ccc(C(C)=O)cc1Cc1cc(C(C)=O)ccc1OC. The quantitative estimate of drug-likeness (QED) is 0.763. The van der Waals surface area contributed by atoms with E-state index in [1.807, 2.05) is 12.1 Å². The largest absolute Gasteiger partial charge is 0.496 e. The Bertz CT molecular complexity index is 684. The Hall–Kier alpha value is -2.62. The summed E-state index contributed by atoms with van der Waals surface area (Å²) in [5.41, 5.74) is 3.00. The van der Waals surface area contributed by atoms with Gasteiger partial charge in [0.25, 0.3) is 0 Å². The van der Waals surface area contributed by atoms with Crippen LogP contribution in [0.5, 0.6) is 11.5 Å². The molecule has 0 aliphatic heterocycles. The van der Waals surface area contributed by atoms with Crippen molar-refractivity contribution in [3.8, 4) is 11.5 Å². The third-order valence-corrected chi connectivity index (χ3v) is 3.75. The lowest BCUT2D eigenvalue weighted by molar-refractivity contribution is 0.100. The number of carbonyl (C=O) groups is 2. The molecule has 0 bridgehead atoms. The summed E-state index contributed by atoms with van der Waals surface area (Å²) in [5.74, 6) is 1.40. The summed E-state index contributed by atoms with van der Waals surface area (Å²) >= 11 is 0. The van der Waals surface area contributed by atoms with Crippen molar-refractivity contribution < 1.29 is 19.1 Å². The van der Waals surface area contributed by atoms with Gasteiger partial charge in [-0.15, -0.1) is 0 Å². The average molecular weight is 312 g/mol. The number of hydrogen-bond donors (Lipinski definition) is 0. The number of benzene rings is 2. The second kappa shape index (κ2) is 7.09. The normalized spacial score (nSPS) is 10.3. The van der Waals surface area contributed by atoms with Crippen LogP contribution in [-0.2, 0) is 6.42 Å². The molecule has 0 aliphatic carbocycles. The van der Waals surface area contributed by atoms with Crippen molar-refractivity contribution >= 4 is 11.6 Å². The van der Waals surface area contributed by atoms with Crippen molar-refractivity contribution in [3.05, 3.63) is 58.7 Å². The molecule has 4 nitrogen and oxygen atoms in total. The highest BCUT2D eigenvalue weighted by atomic mass is 16.5. The molecule has 0 aromatic heterocycles. The Balaban J connectivity index is 2.48. The van der Waals surface area contributed by atoms with E-state index >= 15 is 0 Å². The van der Waals surface area contributed by atoms with Gasteiger partial charge in [-0.1, -0.05) is 0 Å². The fraction of sp³-hybridized carbons (Fsp3) is 0.263. The van der Waals surface area contributed by atoms with Crippen LogP contribution in [0.25, 0.3) is 0 Å². The third-order valence-electron chi connectivity index (χ3n) is 3.75. The van der Waals surface area contributed by atoms with Crippen LogP contribution in [-0.4, -0.2) is 25.8 Å². The van der Waals surface area contributed by atoms with Gasteiger partial charge in [-0.3, -0.25) is 9.59 Å². The van der Waals surface area contributed by atoms with E-state index in [0.717, 1.165) is 11.1 Å². The molecule has 0 saturated heterocycles. The Morgan fingerprint density at radius 3 is 1.48 bits per heavy atom. The van der Waals surface area contributed by atoms with E-state index < -0.39 is 0 Å². The molecule has 2 aromatic carbocycles. The molecule has 2 rings (SSSR count). The minimum absolute atomic E-state index is 0.00152. The molecular weight excluding hydrogens is 292 g/mol. The standard InChI is InChI=1S/C19H20O4/c1-12(20)14-5-7-18(22-3)16(9-14)11-17-10-15(13(2)21)6-8-19(17)23-4/h5-10H,11H2,1-4H3. The third kappa shape index (κ3) is 3.77. The molecule has 0 N–H and O–H groups in total. The van der Waals surface area contributed by atoms with Gasteiger partial charge in [-0.25, -0.2) is 0 Å². The van der Waals surface area contributed by atoms with Gasteiger partial charge in [0.05, 0.1) is 14.2 Å². The van der Waals surface area contributed by atoms with Gasteiger partial charge >= 0.3 is 0 Å². The summed E-state index contributed by atoms with van der Waals surface area (Å²) in [6.07, 6.45) is 0.509. The molecule has 0 unspecified atom stereocenters. The Kier molecular flexibility index (Phi) is 5.16. The zero-order valence-electron chi connectivity index (χ0n) is 13.8. The summed E-state index contributed by atoms with van der Waals surface area (Å²) in [5, 5.41) is 0. The summed E-state index contributed by atoms with van der Waals surface area (Å²) < 4.78 is 10.8. The van der Waals surface area contributed by atoms with Crippen LogP contribution >= 0.6 is 0 Å². The lowest BCUT2D eigenvalue weighted by Crippen LogP contribution is -2.02. The molecule has 0 aliphatic rings. The zero-order valence-corrected chi connectivity index (χ0v) is 13.8. The second-order valence-corrected chi connectivity index (χ2v) is 5.34.